The first kappa shape index (κ1) is 28.0. The molecule has 7 rings (SSSR count). The number of aliphatic hydroxyl groups excluding tert-OH is 2. The molecule has 224 valence electrons. The van der Waals surface area contributed by atoms with Gasteiger partial charge in [0.15, 0.2) is 17.7 Å². The lowest BCUT2D eigenvalue weighted by molar-refractivity contribution is -0.264. The number of esters is 1. The Labute approximate surface area is 249 Å². The average molecular weight is 585 g/mol. The third-order valence-corrected chi connectivity index (χ3v) is 11.2. The minimum absolute atomic E-state index is 0.0225. The fourth-order valence-corrected chi connectivity index (χ4v) is 9.35. The zero-order chi connectivity index (χ0) is 30.0. The van der Waals surface area contributed by atoms with Crippen molar-refractivity contribution >= 4 is 12.0 Å². The summed E-state index contributed by atoms with van der Waals surface area (Å²) in [5.74, 6) is 0.267. The van der Waals surface area contributed by atoms with Crippen molar-refractivity contribution in [3.63, 3.8) is 0 Å². The van der Waals surface area contributed by atoms with Gasteiger partial charge in [-0.3, -0.25) is 0 Å². The van der Waals surface area contributed by atoms with Crippen molar-refractivity contribution in [3.8, 4) is 11.9 Å². The molecule has 4 aliphatic rings. The van der Waals surface area contributed by atoms with Crippen LogP contribution >= 0.6 is 0 Å². The number of nitrogens with zero attached hydrogens (tertiary/aromatic N) is 4. The predicted molar refractivity (Wildman–Crippen MR) is 153 cm³/mol. The number of ether oxygens (including phenoxy) is 2. The van der Waals surface area contributed by atoms with Crippen LogP contribution in [0.1, 0.15) is 67.8 Å². The first-order valence-electron chi connectivity index (χ1n) is 15.0. The van der Waals surface area contributed by atoms with Gasteiger partial charge in [0.1, 0.15) is 6.61 Å². The molecule has 10 heteroatoms. The number of carbonyl (C=O) groups excluding carboxylic acids is 1. The normalized spacial score (nSPS) is 35.0. The fraction of sp³-hybridized carbons (Fsp3) is 0.515. The van der Waals surface area contributed by atoms with E-state index in [-0.39, 0.29) is 35.5 Å². The largest absolute Gasteiger partial charge is 0.457 e. The molecule has 2 N–H and O–H groups in total. The summed E-state index contributed by atoms with van der Waals surface area (Å²) in [5.41, 5.74) is 0.957. The van der Waals surface area contributed by atoms with Crippen LogP contribution in [-0.2, 0) is 15.9 Å². The van der Waals surface area contributed by atoms with Crippen molar-refractivity contribution in [1.29, 1.82) is 5.26 Å². The van der Waals surface area contributed by atoms with Gasteiger partial charge in [0, 0.05) is 11.6 Å². The Morgan fingerprint density at radius 1 is 1.28 bits per heavy atom. The van der Waals surface area contributed by atoms with E-state index in [0.717, 1.165) is 36.3 Å². The van der Waals surface area contributed by atoms with Gasteiger partial charge in [0.2, 0.25) is 5.76 Å². The molecule has 3 fully saturated rings. The molecule has 0 saturated heterocycles. The summed E-state index contributed by atoms with van der Waals surface area (Å²) in [4.78, 5) is 17.8. The van der Waals surface area contributed by atoms with Crippen LogP contribution in [0.4, 0.5) is 0 Å². The molecule has 8 atom stereocenters. The molecule has 3 aromatic heterocycles. The Hall–Kier alpha value is -3.78. The van der Waals surface area contributed by atoms with Crippen molar-refractivity contribution in [2.45, 2.75) is 70.4 Å². The monoisotopic (exact) mass is 584 g/mol. The number of hydrogen-bond donors (Lipinski definition) is 2. The van der Waals surface area contributed by atoms with Gasteiger partial charge in [0.25, 0.3) is 0 Å². The summed E-state index contributed by atoms with van der Waals surface area (Å²) in [7, 11) is 0. The Bertz CT molecular complexity index is 1590. The van der Waals surface area contributed by atoms with Gasteiger partial charge in [-0.15, -0.1) is 0 Å². The molecule has 10 nitrogen and oxygen atoms in total. The van der Waals surface area contributed by atoms with E-state index in [0.29, 0.717) is 19.3 Å². The number of furan rings is 1. The summed E-state index contributed by atoms with van der Waals surface area (Å²) < 4.78 is 18.9. The van der Waals surface area contributed by atoms with Crippen molar-refractivity contribution in [2.75, 3.05) is 6.61 Å². The van der Waals surface area contributed by atoms with Gasteiger partial charge in [0.05, 0.1) is 30.3 Å². The Morgan fingerprint density at radius 2 is 2.14 bits per heavy atom. The highest BCUT2D eigenvalue weighted by Gasteiger charge is 2.70. The summed E-state index contributed by atoms with van der Waals surface area (Å²) in [6.45, 7) is 3.92. The molecular weight excluding hydrogens is 548 g/mol. The van der Waals surface area contributed by atoms with Crippen LogP contribution in [0, 0.1) is 39.9 Å². The highest BCUT2D eigenvalue weighted by molar-refractivity contribution is 5.86. The molecule has 4 aliphatic carbocycles. The summed E-state index contributed by atoms with van der Waals surface area (Å²) >= 11 is 0. The standard InChI is InChI=1S/C33H36N4O6/c1-31-17-20-19-36-37(27-7-3-4-13-35-27)24(20)16-21(31)8-9-22-23-10-11-33(30(40)42-15-12-34,32(23,2)18-25(38)28(22)31)43-29(39)26-6-5-14-41-26/h3-7,13-14,16,19,22-23,25,28,30,38,40H,8-11,15,17-18H2,1-2H3/t22-,23?,25-,28?,30-,31-,32-,33-/m0/s1. The zero-order valence-electron chi connectivity index (χ0n) is 24.3. The molecule has 0 bridgehead atoms. The maximum Gasteiger partial charge on any atom is 0.374 e. The second-order valence-electron chi connectivity index (χ2n) is 13.1. The lowest BCUT2D eigenvalue weighted by atomic mass is 9.45. The minimum Gasteiger partial charge on any atom is -0.457 e. The van der Waals surface area contributed by atoms with Gasteiger partial charge in [-0.2, -0.15) is 10.4 Å². The second kappa shape index (κ2) is 10.2. The second-order valence-corrected chi connectivity index (χ2v) is 13.1. The van der Waals surface area contributed by atoms with E-state index in [1.807, 2.05) is 42.1 Å². The molecule has 43 heavy (non-hydrogen) atoms. The number of carbonyl (C=O) groups is 1. The van der Waals surface area contributed by atoms with Gasteiger partial charge in [-0.25, -0.2) is 14.5 Å². The summed E-state index contributed by atoms with van der Waals surface area (Å²) in [6.07, 6.45) is 8.95. The molecule has 2 unspecified atom stereocenters. The van der Waals surface area contributed by atoms with E-state index < -0.39 is 29.4 Å². The van der Waals surface area contributed by atoms with Crippen molar-refractivity contribution < 1.29 is 28.9 Å². The molecule has 0 aliphatic heterocycles. The zero-order valence-corrected chi connectivity index (χ0v) is 24.3. The van der Waals surface area contributed by atoms with Crippen LogP contribution in [-0.4, -0.2) is 55.5 Å². The number of aliphatic hydroxyl groups is 2. The fourth-order valence-electron chi connectivity index (χ4n) is 9.35. The van der Waals surface area contributed by atoms with Crippen LogP contribution in [0.2, 0.25) is 0 Å². The number of aromatic nitrogens is 3. The number of pyridine rings is 1. The first-order valence-corrected chi connectivity index (χ1v) is 15.0. The molecule has 0 amide bonds. The SMILES string of the molecule is C[C@]12Cc3cnn(-c4ccccn4)c3C=C1CC[C@@H]1C2[C@@H](O)C[C@@]2(C)C1CC[C@]2(OC(=O)c1ccco1)[C@@H](O)OCC#N. The topological polar surface area (TPSA) is 144 Å². The molecule has 3 aromatic rings. The number of hydrogen-bond acceptors (Lipinski definition) is 9. The van der Waals surface area contributed by atoms with Crippen LogP contribution in [0.15, 0.2) is 59.0 Å². The van der Waals surface area contributed by atoms with E-state index in [4.69, 9.17) is 13.9 Å². The molecule has 3 saturated carbocycles. The summed E-state index contributed by atoms with van der Waals surface area (Å²) in [6, 6.07) is 10.8. The molecular formula is C33H36N4O6. The average Bonchev–Trinajstić information content (AvgIpc) is 3.73. The Kier molecular flexibility index (Phi) is 6.61. The molecule has 0 aromatic carbocycles. The molecule has 3 heterocycles. The van der Waals surface area contributed by atoms with Crippen LogP contribution < -0.4 is 0 Å². The Morgan fingerprint density at radius 3 is 2.88 bits per heavy atom. The van der Waals surface area contributed by atoms with Gasteiger partial charge < -0.3 is 24.1 Å². The number of fused-ring (bicyclic) bond motifs is 6. The van der Waals surface area contributed by atoms with E-state index >= 15 is 0 Å². The number of nitriles is 1. The van der Waals surface area contributed by atoms with Crippen LogP contribution in [0.25, 0.3) is 11.9 Å². The smallest absolute Gasteiger partial charge is 0.374 e. The van der Waals surface area contributed by atoms with Gasteiger partial charge in [-0.05, 0) is 97.6 Å². The molecule has 0 radical (unpaired) electrons. The summed E-state index contributed by atoms with van der Waals surface area (Å²) in [5, 5.41) is 37.3. The maximum absolute atomic E-state index is 13.3. The quantitative estimate of drug-likeness (QED) is 0.317. The van der Waals surface area contributed by atoms with Crippen LogP contribution in [0.5, 0.6) is 0 Å². The Balaban J connectivity index is 1.23. The predicted octanol–water partition coefficient (Wildman–Crippen LogP) is 4.47. The van der Waals surface area contributed by atoms with Crippen LogP contribution in [0.3, 0.4) is 0 Å². The highest BCUT2D eigenvalue weighted by Crippen LogP contribution is 2.69. The van der Waals surface area contributed by atoms with Crippen molar-refractivity contribution in [3.05, 3.63) is 71.6 Å². The number of rotatable bonds is 6. The first-order chi connectivity index (χ1) is 20.7. The highest BCUT2D eigenvalue weighted by atomic mass is 16.7. The van der Waals surface area contributed by atoms with E-state index in [2.05, 4.69) is 23.1 Å². The van der Waals surface area contributed by atoms with Crippen molar-refractivity contribution in [2.24, 2.45) is 28.6 Å². The van der Waals surface area contributed by atoms with Gasteiger partial charge in [-0.1, -0.05) is 25.5 Å². The maximum atomic E-state index is 13.3. The van der Waals surface area contributed by atoms with Crippen molar-refractivity contribution in [1.82, 2.24) is 14.8 Å². The van der Waals surface area contributed by atoms with Gasteiger partial charge >= 0.3 is 5.97 Å². The van der Waals surface area contributed by atoms with E-state index in [9.17, 15) is 20.3 Å². The third kappa shape index (κ3) is 4.05. The lowest BCUT2D eigenvalue weighted by Crippen LogP contribution is -2.64. The third-order valence-electron chi connectivity index (χ3n) is 11.2. The van der Waals surface area contributed by atoms with E-state index in [1.54, 1.807) is 12.3 Å². The molecule has 0 spiro atoms. The minimum atomic E-state index is -1.53. The lowest BCUT2D eigenvalue weighted by Gasteiger charge is -2.61. The van der Waals surface area contributed by atoms with E-state index in [1.165, 1.54) is 17.9 Å². The number of allylic oxidation sites excluding steroid dienone is 1.